The molecular weight excluding hydrogens is 393 g/mol. The largest absolute Gasteiger partial charge is 0.486 e. The van der Waals surface area contributed by atoms with Crippen LogP contribution in [-0.4, -0.2) is 26.2 Å². The van der Waals surface area contributed by atoms with E-state index in [9.17, 15) is 9.18 Å². The minimum absolute atomic E-state index is 0.171. The molecule has 1 aromatic heterocycles. The molecule has 7 heteroatoms. The number of benzene rings is 2. The van der Waals surface area contributed by atoms with Crippen molar-refractivity contribution in [1.82, 2.24) is 5.32 Å². The van der Waals surface area contributed by atoms with Crippen molar-refractivity contribution in [1.29, 1.82) is 0 Å². The Morgan fingerprint density at radius 1 is 1.24 bits per heavy atom. The number of amides is 1. The molecule has 3 aromatic rings. The van der Waals surface area contributed by atoms with E-state index in [1.807, 2.05) is 31.2 Å². The second kappa shape index (κ2) is 8.39. The normalized spacial score (nSPS) is 14.0. The minimum atomic E-state index is -0.344. The summed E-state index contributed by atoms with van der Waals surface area (Å²) in [4.78, 5) is 13.6. The highest BCUT2D eigenvalue weighted by molar-refractivity contribution is 7.21. The van der Waals surface area contributed by atoms with E-state index in [-0.39, 0.29) is 24.4 Å². The van der Waals surface area contributed by atoms with Gasteiger partial charge in [-0.25, -0.2) is 4.39 Å². The molecule has 4 rings (SSSR count). The fourth-order valence-electron chi connectivity index (χ4n) is 3.55. The maximum absolute atomic E-state index is 14.4. The van der Waals surface area contributed by atoms with E-state index < -0.39 is 0 Å². The summed E-state index contributed by atoms with van der Waals surface area (Å²) >= 11 is 1.28. The monoisotopic (exact) mass is 415 g/mol. The van der Waals surface area contributed by atoms with Gasteiger partial charge in [-0.3, -0.25) is 4.79 Å². The van der Waals surface area contributed by atoms with Crippen LogP contribution in [-0.2, 0) is 11.3 Å². The molecule has 1 aliphatic rings. The number of methoxy groups -OCH3 is 1. The van der Waals surface area contributed by atoms with Crippen LogP contribution >= 0.6 is 11.3 Å². The van der Waals surface area contributed by atoms with Crippen molar-refractivity contribution in [2.24, 2.45) is 0 Å². The van der Waals surface area contributed by atoms with Crippen LogP contribution in [0.25, 0.3) is 10.1 Å². The summed E-state index contributed by atoms with van der Waals surface area (Å²) in [5, 5.41) is 3.54. The summed E-state index contributed by atoms with van der Waals surface area (Å²) in [7, 11) is 1.54. The number of nitrogens with one attached hydrogen (secondary N) is 1. The molecule has 2 heterocycles. The molecule has 0 radical (unpaired) electrons. The van der Waals surface area contributed by atoms with E-state index >= 15 is 0 Å². The quantitative estimate of drug-likeness (QED) is 0.626. The Morgan fingerprint density at radius 2 is 2.03 bits per heavy atom. The molecule has 1 atom stereocenters. The van der Waals surface area contributed by atoms with Crippen LogP contribution in [0.4, 0.5) is 4.39 Å². The summed E-state index contributed by atoms with van der Waals surface area (Å²) in [5.74, 6) is 0.817. The molecule has 0 bridgehead atoms. The summed E-state index contributed by atoms with van der Waals surface area (Å²) < 4.78 is 31.6. The van der Waals surface area contributed by atoms with Gasteiger partial charge in [0.25, 0.3) is 5.91 Å². The lowest BCUT2D eigenvalue weighted by Gasteiger charge is -2.22. The van der Waals surface area contributed by atoms with Crippen LogP contribution < -0.4 is 14.8 Å². The highest BCUT2D eigenvalue weighted by Gasteiger charge is 2.23. The third kappa shape index (κ3) is 3.80. The summed E-state index contributed by atoms with van der Waals surface area (Å²) in [6.45, 7) is 3.21. The minimum Gasteiger partial charge on any atom is -0.486 e. The van der Waals surface area contributed by atoms with Gasteiger partial charge in [0.05, 0.1) is 17.5 Å². The van der Waals surface area contributed by atoms with Gasteiger partial charge in [0.1, 0.15) is 19.0 Å². The lowest BCUT2D eigenvalue weighted by atomic mass is 10.0. The summed E-state index contributed by atoms with van der Waals surface area (Å²) in [6, 6.07) is 10.4. The van der Waals surface area contributed by atoms with E-state index in [2.05, 4.69) is 5.32 Å². The first-order valence-corrected chi connectivity index (χ1v) is 10.3. The van der Waals surface area contributed by atoms with Gasteiger partial charge >= 0.3 is 0 Å². The second-order valence-electron chi connectivity index (χ2n) is 6.79. The summed E-state index contributed by atoms with van der Waals surface area (Å²) in [6.07, 6.45) is 0.699. The van der Waals surface area contributed by atoms with Crippen molar-refractivity contribution in [3.8, 4) is 11.5 Å². The van der Waals surface area contributed by atoms with Gasteiger partial charge in [0.15, 0.2) is 11.5 Å². The molecule has 29 heavy (non-hydrogen) atoms. The van der Waals surface area contributed by atoms with E-state index in [0.29, 0.717) is 47.0 Å². The molecule has 5 nitrogen and oxygen atoms in total. The molecular formula is C22H22FNO4S. The average Bonchev–Trinajstić information content (AvgIpc) is 3.12. The Labute approximate surface area is 172 Å². The molecule has 0 fully saturated rings. The van der Waals surface area contributed by atoms with Gasteiger partial charge in [-0.1, -0.05) is 19.1 Å². The number of carbonyl (C=O) groups excluding carboxylic acids is 1. The van der Waals surface area contributed by atoms with Gasteiger partial charge in [0.2, 0.25) is 0 Å². The molecule has 1 unspecified atom stereocenters. The first-order chi connectivity index (χ1) is 14.1. The Hall–Kier alpha value is -2.64. The van der Waals surface area contributed by atoms with Crippen LogP contribution in [0.15, 0.2) is 36.4 Å². The number of halogens is 1. The predicted molar refractivity (Wildman–Crippen MR) is 110 cm³/mol. The molecule has 0 saturated carbocycles. The van der Waals surface area contributed by atoms with Crippen LogP contribution in [0.3, 0.4) is 0 Å². The number of rotatable bonds is 6. The number of thiophene rings is 1. The number of carbonyl (C=O) groups is 1. The smallest absolute Gasteiger partial charge is 0.262 e. The maximum atomic E-state index is 14.4. The van der Waals surface area contributed by atoms with Gasteiger partial charge in [0, 0.05) is 22.8 Å². The number of hydrogen-bond donors (Lipinski definition) is 1. The van der Waals surface area contributed by atoms with Crippen molar-refractivity contribution in [3.63, 3.8) is 0 Å². The third-order valence-corrected chi connectivity index (χ3v) is 6.14. The Morgan fingerprint density at radius 3 is 2.79 bits per heavy atom. The number of hydrogen-bond acceptors (Lipinski definition) is 5. The van der Waals surface area contributed by atoms with Crippen LogP contribution in [0.2, 0.25) is 0 Å². The molecule has 0 saturated heterocycles. The standard InChI is InChI=1S/C22H22FNO4S/c1-3-16(13-7-8-17-18(11-13)28-10-9-27-17)24-22(25)21-14(12-26-2)20-15(23)5-4-6-19(20)29-21/h4-8,11,16H,3,9-10,12H2,1-2H3,(H,24,25). The number of ether oxygens (including phenoxy) is 3. The van der Waals surface area contributed by atoms with Gasteiger partial charge in [-0.05, 0) is 36.2 Å². The lowest BCUT2D eigenvalue weighted by Crippen LogP contribution is -2.28. The third-order valence-electron chi connectivity index (χ3n) is 4.94. The van der Waals surface area contributed by atoms with Gasteiger partial charge in [-0.15, -0.1) is 11.3 Å². The fraction of sp³-hybridized carbons (Fsp3) is 0.318. The van der Waals surface area contributed by atoms with Crippen LogP contribution in [0.5, 0.6) is 11.5 Å². The van der Waals surface area contributed by atoms with Gasteiger partial charge in [-0.2, -0.15) is 0 Å². The molecule has 0 spiro atoms. The van der Waals surface area contributed by atoms with Crippen molar-refractivity contribution < 1.29 is 23.4 Å². The van der Waals surface area contributed by atoms with Gasteiger partial charge < -0.3 is 19.5 Å². The van der Waals surface area contributed by atoms with Crippen molar-refractivity contribution in [2.75, 3.05) is 20.3 Å². The van der Waals surface area contributed by atoms with E-state index in [4.69, 9.17) is 14.2 Å². The first-order valence-electron chi connectivity index (χ1n) is 9.51. The van der Waals surface area contributed by atoms with Crippen molar-refractivity contribution in [2.45, 2.75) is 26.0 Å². The molecule has 152 valence electrons. The van der Waals surface area contributed by atoms with Crippen LogP contribution in [0.1, 0.15) is 40.2 Å². The SMILES string of the molecule is CCC(NC(=O)c1sc2cccc(F)c2c1COC)c1ccc2c(c1)OCCO2. The van der Waals surface area contributed by atoms with Crippen molar-refractivity contribution >= 4 is 27.3 Å². The highest BCUT2D eigenvalue weighted by atomic mass is 32.1. The number of fused-ring (bicyclic) bond motifs is 2. The lowest BCUT2D eigenvalue weighted by molar-refractivity contribution is 0.0935. The van der Waals surface area contributed by atoms with E-state index in [1.165, 1.54) is 24.5 Å². The Bertz CT molecular complexity index is 1050. The van der Waals surface area contributed by atoms with E-state index in [0.717, 1.165) is 10.3 Å². The van der Waals surface area contributed by atoms with Crippen LogP contribution in [0, 0.1) is 5.82 Å². The Kier molecular flexibility index (Phi) is 5.69. The first kappa shape index (κ1) is 19.7. The highest BCUT2D eigenvalue weighted by Crippen LogP contribution is 2.36. The zero-order valence-electron chi connectivity index (χ0n) is 16.3. The molecule has 1 N–H and O–H groups in total. The molecule has 0 aliphatic carbocycles. The molecule has 1 amide bonds. The van der Waals surface area contributed by atoms with Crippen molar-refractivity contribution in [3.05, 3.63) is 58.2 Å². The second-order valence-corrected chi connectivity index (χ2v) is 7.85. The average molecular weight is 415 g/mol. The molecule has 2 aromatic carbocycles. The predicted octanol–water partition coefficient (Wildman–Crippen LogP) is 4.84. The zero-order valence-corrected chi connectivity index (χ0v) is 17.1. The Balaban J connectivity index is 1.64. The summed E-state index contributed by atoms with van der Waals surface area (Å²) in [5.41, 5.74) is 1.52. The molecule has 1 aliphatic heterocycles. The zero-order chi connectivity index (χ0) is 20.4. The topological polar surface area (TPSA) is 56.8 Å². The fourth-order valence-corrected chi connectivity index (χ4v) is 4.68. The maximum Gasteiger partial charge on any atom is 0.262 e. The van der Waals surface area contributed by atoms with E-state index in [1.54, 1.807) is 6.07 Å².